The van der Waals surface area contributed by atoms with Gasteiger partial charge in [-0.15, -0.1) is 0 Å². The summed E-state index contributed by atoms with van der Waals surface area (Å²) in [5.74, 6) is 1.12. The highest BCUT2D eigenvalue weighted by atomic mass is 32.2. The van der Waals surface area contributed by atoms with Crippen LogP contribution in [-0.2, 0) is 17.1 Å². The van der Waals surface area contributed by atoms with Crippen molar-refractivity contribution in [3.05, 3.63) is 46.4 Å². The maximum atomic E-state index is 12.9. The Balaban J connectivity index is 1.74. The molecule has 0 N–H and O–H groups in total. The van der Waals surface area contributed by atoms with E-state index in [0.717, 1.165) is 5.69 Å². The highest BCUT2D eigenvalue weighted by Crippen LogP contribution is 2.33. The van der Waals surface area contributed by atoms with E-state index in [2.05, 4.69) is 0 Å². The number of hydrogen-bond acceptors (Lipinski definition) is 6. The topological polar surface area (TPSA) is 87.1 Å². The molecular weight excluding hydrogens is 372 g/mol. The molecule has 0 aliphatic carbocycles. The van der Waals surface area contributed by atoms with E-state index in [9.17, 15) is 13.2 Å². The molecule has 1 aliphatic heterocycles. The number of sulfonamides is 1. The Morgan fingerprint density at radius 3 is 2.33 bits per heavy atom. The lowest BCUT2D eigenvalue weighted by molar-refractivity contribution is 0.0757. The van der Waals surface area contributed by atoms with Crippen LogP contribution in [0.4, 0.5) is 0 Å². The van der Waals surface area contributed by atoms with Crippen molar-refractivity contribution < 1.29 is 22.6 Å². The monoisotopic (exact) mass is 394 g/mol. The van der Waals surface area contributed by atoms with E-state index in [0.29, 0.717) is 11.5 Å². The molecule has 1 aliphatic rings. The minimum atomic E-state index is -3.74. The minimum Gasteiger partial charge on any atom is -0.497 e. The molecule has 0 unspecified atom stereocenters. The maximum absolute atomic E-state index is 12.9. The fourth-order valence-electron chi connectivity index (χ4n) is 2.79. The van der Waals surface area contributed by atoms with Gasteiger partial charge in [-0.2, -0.15) is 4.31 Å². The summed E-state index contributed by atoms with van der Waals surface area (Å²) in [5, 5.41) is 0. The van der Waals surface area contributed by atoms with Crippen molar-refractivity contribution in [1.29, 1.82) is 0 Å². The van der Waals surface area contributed by atoms with Crippen LogP contribution < -0.4 is 19.8 Å². The normalized spacial score (nSPS) is 15.3. The average molecular weight is 394 g/mol. The largest absolute Gasteiger partial charge is 0.497 e. The van der Waals surface area contributed by atoms with E-state index in [1.165, 1.54) is 35.2 Å². The molecular formula is C18H22N2O6S. The quantitative estimate of drug-likeness (QED) is 0.731. The van der Waals surface area contributed by atoms with Crippen LogP contribution in [0.25, 0.3) is 0 Å². The molecule has 0 spiro atoms. The number of rotatable bonds is 6. The number of hydrogen-bond donors (Lipinski definition) is 0. The van der Waals surface area contributed by atoms with Gasteiger partial charge in [0.2, 0.25) is 10.0 Å². The SMILES string of the molecule is COc1ccc(OC)c(S(=O)(=O)N2CC(Oc3cc(C)n(C)c(=O)c3)C2)c1. The molecule has 1 aromatic carbocycles. The summed E-state index contributed by atoms with van der Waals surface area (Å²) in [6, 6.07) is 7.78. The van der Waals surface area contributed by atoms with Gasteiger partial charge in [0.1, 0.15) is 28.2 Å². The standard InChI is InChI=1S/C18H22N2O6S/c1-12-7-14(9-18(21)19(12)2)26-15-10-20(11-15)27(22,23)17-8-13(24-3)5-6-16(17)25-4/h5-9,15H,10-11H2,1-4H3. The third kappa shape index (κ3) is 3.65. The van der Waals surface area contributed by atoms with Crippen molar-refractivity contribution in [2.24, 2.45) is 7.05 Å². The fourth-order valence-corrected chi connectivity index (χ4v) is 4.47. The van der Waals surface area contributed by atoms with Crippen LogP contribution in [0.2, 0.25) is 0 Å². The van der Waals surface area contributed by atoms with Gasteiger partial charge in [0.05, 0.1) is 27.3 Å². The van der Waals surface area contributed by atoms with Crippen LogP contribution in [-0.4, -0.2) is 50.7 Å². The lowest BCUT2D eigenvalue weighted by Crippen LogP contribution is -2.56. The van der Waals surface area contributed by atoms with E-state index >= 15 is 0 Å². The molecule has 2 heterocycles. The number of aryl methyl sites for hydroxylation is 1. The Hall–Kier alpha value is -2.52. The van der Waals surface area contributed by atoms with Gasteiger partial charge in [0.15, 0.2) is 0 Å². The number of pyridine rings is 1. The molecule has 0 amide bonds. The zero-order chi connectivity index (χ0) is 19.8. The molecule has 27 heavy (non-hydrogen) atoms. The van der Waals surface area contributed by atoms with Crippen molar-refractivity contribution in [2.75, 3.05) is 27.3 Å². The first-order valence-electron chi connectivity index (χ1n) is 8.32. The summed E-state index contributed by atoms with van der Waals surface area (Å²) in [5.41, 5.74) is 0.595. The van der Waals surface area contributed by atoms with Gasteiger partial charge in [-0.3, -0.25) is 4.79 Å². The zero-order valence-corrected chi connectivity index (χ0v) is 16.4. The van der Waals surface area contributed by atoms with Gasteiger partial charge in [0.25, 0.3) is 5.56 Å². The predicted molar refractivity (Wildman–Crippen MR) is 99.1 cm³/mol. The maximum Gasteiger partial charge on any atom is 0.254 e. The highest BCUT2D eigenvalue weighted by molar-refractivity contribution is 7.89. The second-order valence-corrected chi connectivity index (χ2v) is 8.21. The molecule has 0 radical (unpaired) electrons. The van der Waals surface area contributed by atoms with E-state index in [1.54, 1.807) is 32.2 Å². The van der Waals surface area contributed by atoms with E-state index < -0.39 is 10.0 Å². The Bertz CT molecular complexity index is 1010. The summed E-state index contributed by atoms with van der Waals surface area (Å²) in [4.78, 5) is 11.9. The van der Waals surface area contributed by atoms with Crippen molar-refractivity contribution in [1.82, 2.24) is 8.87 Å². The first-order valence-corrected chi connectivity index (χ1v) is 9.76. The van der Waals surface area contributed by atoms with Gasteiger partial charge >= 0.3 is 0 Å². The van der Waals surface area contributed by atoms with Crippen LogP contribution in [0.5, 0.6) is 17.2 Å². The van der Waals surface area contributed by atoms with Crippen LogP contribution >= 0.6 is 0 Å². The number of methoxy groups -OCH3 is 2. The molecule has 146 valence electrons. The summed E-state index contributed by atoms with van der Waals surface area (Å²) in [6.07, 6.45) is -0.317. The summed E-state index contributed by atoms with van der Waals surface area (Å²) >= 11 is 0. The van der Waals surface area contributed by atoms with Gasteiger partial charge < -0.3 is 18.8 Å². The van der Waals surface area contributed by atoms with Crippen LogP contribution in [0.15, 0.2) is 40.0 Å². The third-order valence-electron chi connectivity index (χ3n) is 4.58. The summed E-state index contributed by atoms with van der Waals surface area (Å²) in [6.45, 7) is 2.19. The molecule has 1 aromatic heterocycles. The van der Waals surface area contributed by atoms with Crippen molar-refractivity contribution in [3.63, 3.8) is 0 Å². The van der Waals surface area contributed by atoms with E-state index in [-0.39, 0.29) is 35.4 Å². The van der Waals surface area contributed by atoms with Crippen LogP contribution in [0.1, 0.15) is 5.69 Å². The van der Waals surface area contributed by atoms with Gasteiger partial charge in [-0.1, -0.05) is 0 Å². The molecule has 0 atom stereocenters. The molecule has 1 saturated heterocycles. The van der Waals surface area contributed by atoms with Crippen molar-refractivity contribution >= 4 is 10.0 Å². The first-order chi connectivity index (χ1) is 12.8. The molecule has 0 bridgehead atoms. The summed E-state index contributed by atoms with van der Waals surface area (Å²) in [7, 11) is 0.826. The number of aromatic nitrogens is 1. The third-order valence-corrected chi connectivity index (χ3v) is 6.44. The molecule has 9 heteroatoms. The lowest BCUT2D eigenvalue weighted by atomic mass is 10.2. The first kappa shape index (κ1) is 19.2. The van der Waals surface area contributed by atoms with Crippen molar-refractivity contribution in [2.45, 2.75) is 17.9 Å². The predicted octanol–water partition coefficient (Wildman–Crippen LogP) is 1.16. The highest BCUT2D eigenvalue weighted by Gasteiger charge is 2.39. The Kier molecular flexibility index (Phi) is 5.16. The fraction of sp³-hybridized carbons (Fsp3) is 0.389. The summed E-state index contributed by atoms with van der Waals surface area (Å²) < 4.78 is 44.7. The van der Waals surface area contributed by atoms with Gasteiger partial charge in [-0.25, -0.2) is 8.42 Å². The molecule has 2 aromatic rings. The number of benzene rings is 1. The lowest BCUT2D eigenvalue weighted by Gasteiger charge is -2.38. The number of nitrogens with zero attached hydrogens (tertiary/aromatic N) is 2. The van der Waals surface area contributed by atoms with E-state index in [1.807, 2.05) is 0 Å². The van der Waals surface area contributed by atoms with E-state index in [4.69, 9.17) is 14.2 Å². The second-order valence-electron chi connectivity index (χ2n) is 6.31. The smallest absolute Gasteiger partial charge is 0.254 e. The molecule has 1 fully saturated rings. The average Bonchev–Trinajstić information content (AvgIpc) is 2.61. The van der Waals surface area contributed by atoms with Gasteiger partial charge in [-0.05, 0) is 25.1 Å². The van der Waals surface area contributed by atoms with Crippen LogP contribution in [0.3, 0.4) is 0 Å². The van der Waals surface area contributed by atoms with Crippen molar-refractivity contribution in [3.8, 4) is 17.2 Å². The Morgan fingerprint density at radius 1 is 1.04 bits per heavy atom. The van der Waals surface area contributed by atoms with Gasteiger partial charge in [0, 0.05) is 24.9 Å². The van der Waals surface area contributed by atoms with Crippen LogP contribution in [0, 0.1) is 6.92 Å². The number of ether oxygens (including phenoxy) is 3. The Morgan fingerprint density at radius 2 is 1.74 bits per heavy atom. The second kappa shape index (κ2) is 7.24. The molecule has 3 rings (SSSR count). The molecule has 0 saturated carbocycles. The zero-order valence-electron chi connectivity index (χ0n) is 15.6. The minimum absolute atomic E-state index is 0.0484. The molecule has 8 nitrogen and oxygen atoms in total. The Labute approximate surface area is 157 Å².